The van der Waals surface area contributed by atoms with Crippen molar-refractivity contribution in [2.24, 2.45) is 10.9 Å². The smallest absolute Gasteiger partial charge is 0.246 e. The first-order valence-corrected chi connectivity index (χ1v) is 6.00. The number of ether oxygens (including phenoxy) is 2. The van der Waals surface area contributed by atoms with E-state index in [1.165, 1.54) is 0 Å². The number of nitrogens with one attached hydrogen (secondary N) is 1. The summed E-state index contributed by atoms with van der Waals surface area (Å²) in [5.74, 6) is -0.204. The number of methoxy groups -OCH3 is 1. The molecule has 0 saturated heterocycles. The second-order valence-corrected chi connectivity index (χ2v) is 4.37. The molecule has 104 valence electrons. The van der Waals surface area contributed by atoms with Gasteiger partial charge < -0.3 is 25.7 Å². The Balaban J connectivity index is 2.44. The second kappa shape index (κ2) is 7.17. The highest BCUT2D eigenvalue weighted by Crippen LogP contribution is 2.29. The number of nitrogens with two attached hydrogens (primary N) is 1. The molecule has 7 nitrogen and oxygen atoms in total. The molecule has 0 aromatic heterocycles. The zero-order chi connectivity index (χ0) is 13.4. The molecule has 0 aromatic carbocycles. The predicted molar refractivity (Wildman–Crippen MR) is 65.4 cm³/mol. The molecule has 0 spiro atoms. The van der Waals surface area contributed by atoms with Crippen LogP contribution >= 0.6 is 0 Å². The third-order valence-corrected chi connectivity index (χ3v) is 3.10. The first kappa shape index (κ1) is 14.7. The first-order valence-electron chi connectivity index (χ1n) is 6.00. The van der Waals surface area contributed by atoms with Gasteiger partial charge in [-0.3, -0.25) is 4.79 Å². The summed E-state index contributed by atoms with van der Waals surface area (Å²) in [6, 6.07) is 0. The minimum atomic E-state index is -0.712. The molecule has 18 heavy (non-hydrogen) atoms. The van der Waals surface area contributed by atoms with E-state index in [2.05, 4.69) is 10.5 Å². The van der Waals surface area contributed by atoms with Crippen LogP contribution in [-0.2, 0) is 14.3 Å². The topological polar surface area (TPSA) is 106 Å². The number of carbonyl (C=O) groups excluding carboxylic acids is 1. The molecule has 1 aliphatic rings. The number of rotatable bonds is 7. The highest BCUT2D eigenvalue weighted by molar-refractivity contribution is 5.94. The van der Waals surface area contributed by atoms with E-state index in [0.717, 1.165) is 12.8 Å². The van der Waals surface area contributed by atoms with E-state index >= 15 is 0 Å². The third kappa shape index (κ3) is 3.85. The van der Waals surface area contributed by atoms with E-state index in [1.807, 2.05) is 0 Å². The molecule has 0 bridgehead atoms. The van der Waals surface area contributed by atoms with Crippen molar-refractivity contribution in [1.82, 2.24) is 5.32 Å². The molecule has 0 aromatic rings. The molecule has 1 saturated carbocycles. The van der Waals surface area contributed by atoms with Crippen molar-refractivity contribution < 1.29 is 19.5 Å². The lowest BCUT2D eigenvalue weighted by Gasteiger charge is -2.28. The number of hydrogen-bond acceptors (Lipinski definition) is 5. The number of oxime groups is 1. The van der Waals surface area contributed by atoms with Gasteiger partial charge in [-0.1, -0.05) is 18.0 Å². The van der Waals surface area contributed by atoms with Crippen LogP contribution in [0.2, 0.25) is 0 Å². The van der Waals surface area contributed by atoms with Gasteiger partial charge in [0, 0.05) is 7.11 Å². The Bertz CT molecular complexity index is 301. The van der Waals surface area contributed by atoms with Crippen molar-refractivity contribution >= 4 is 11.7 Å². The Morgan fingerprint density at radius 3 is 2.67 bits per heavy atom. The van der Waals surface area contributed by atoms with Gasteiger partial charge in [0.1, 0.15) is 12.1 Å². The fourth-order valence-electron chi connectivity index (χ4n) is 2.13. The summed E-state index contributed by atoms with van der Waals surface area (Å²) in [5, 5.41) is 14.6. The van der Waals surface area contributed by atoms with Crippen LogP contribution in [0.15, 0.2) is 5.16 Å². The largest absolute Gasteiger partial charge is 0.409 e. The molecule has 0 unspecified atom stereocenters. The fourth-order valence-corrected chi connectivity index (χ4v) is 2.13. The highest BCUT2D eigenvalue weighted by atomic mass is 16.5. The van der Waals surface area contributed by atoms with E-state index in [1.54, 1.807) is 7.11 Å². The summed E-state index contributed by atoms with van der Waals surface area (Å²) in [4.78, 5) is 11.7. The Hall–Kier alpha value is -1.34. The molecule has 0 heterocycles. The van der Waals surface area contributed by atoms with Crippen molar-refractivity contribution in [3.63, 3.8) is 0 Å². The van der Waals surface area contributed by atoms with Crippen molar-refractivity contribution in [1.29, 1.82) is 0 Å². The van der Waals surface area contributed by atoms with Crippen molar-refractivity contribution in [3.8, 4) is 0 Å². The van der Waals surface area contributed by atoms with E-state index < -0.39 is 5.54 Å². The van der Waals surface area contributed by atoms with Crippen LogP contribution in [0.1, 0.15) is 25.7 Å². The van der Waals surface area contributed by atoms with Gasteiger partial charge >= 0.3 is 0 Å². The molecule has 1 fully saturated rings. The number of carbonyl (C=O) groups is 1. The monoisotopic (exact) mass is 259 g/mol. The van der Waals surface area contributed by atoms with E-state index in [-0.39, 0.29) is 18.3 Å². The van der Waals surface area contributed by atoms with E-state index in [4.69, 9.17) is 20.4 Å². The Labute approximate surface area is 106 Å². The normalized spacial score (nSPS) is 18.8. The number of amides is 1. The maximum absolute atomic E-state index is 11.7. The Morgan fingerprint density at radius 2 is 2.11 bits per heavy atom. The van der Waals surface area contributed by atoms with Crippen LogP contribution in [0.5, 0.6) is 0 Å². The number of nitrogens with zero attached hydrogens (tertiary/aromatic N) is 1. The van der Waals surface area contributed by atoms with Crippen LogP contribution in [0.4, 0.5) is 0 Å². The van der Waals surface area contributed by atoms with Crippen LogP contribution in [0.3, 0.4) is 0 Å². The van der Waals surface area contributed by atoms with Gasteiger partial charge in [0.25, 0.3) is 0 Å². The van der Waals surface area contributed by atoms with E-state index in [9.17, 15) is 4.79 Å². The lowest BCUT2D eigenvalue weighted by molar-refractivity contribution is -0.127. The van der Waals surface area contributed by atoms with E-state index in [0.29, 0.717) is 26.1 Å². The molecule has 1 amide bonds. The maximum Gasteiger partial charge on any atom is 0.246 e. The van der Waals surface area contributed by atoms with Crippen LogP contribution in [-0.4, -0.2) is 49.4 Å². The van der Waals surface area contributed by atoms with Crippen LogP contribution in [0, 0.1) is 0 Å². The summed E-state index contributed by atoms with van der Waals surface area (Å²) in [6.45, 7) is 0.753. The molecule has 1 aliphatic carbocycles. The van der Waals surface area contributed by atoms with Crippen LogP contribution < -0.4 is 11.1 Å². The van der Waals surface area contributed by atoms with Crippen molar-refractivity contribution in [2.45, 2.75) is 31.2 Å². The average molecular weight is 259 g/mol. The quantitative estimate of drug-likeness (QED) is 0.193. The minimum absolute atomic E-state index is 0.0518. The number of hydrogen-bond donors (Lipinski definition) is 3. The molecular formula is C11H21N3O4. The molecule has 0 atom stereocenters. The van der Waals surface area contributed by atoms with Gasteiger partial charge in [-0.15, -0.1) is 0 Å². The zero-order valence-electron chi connectivity index (χ0n) is 10.6. The first-order chi connectivity index (χ1) is 8.64. The Kier molecular flexibility index (Phi) is 5.87. The van der Waals surface area contributed by atoms with Gasteiger partial charge in [0.2, 0.25) is 5.91 Å². The molecule has 0 radical (unpaired) electrons. The third-order valence-electron chi connectivity index (χ3n) is 3.10. The number of amidine groups is 1. The molecule has 0 aliphatic heterocycles. The highest BCUT2D eigenvalue weighted by Gasteiger charge is 2.39. The van der Waals surface area contributed by atoms with Crippen molar-refractivity contribution in [2.75, 3.05) is 26.9 Å². The van der Waals surface area contributed by atoms with Gasteiger partial charge in [-0.2, -0.15) is 0 Å². The van der Waals surface area contributed by atoms with Gasteiger partial charge in [0.15, 0.2) is 5.84 Å². The van der Waals surface area contributed by atoms with Gasteiger partial charge in [-0.25, -0.2) is 0 Å². The minimum Gasteiger partial charge on any atom is -0.409 e. The lowest BCUT2D eigenvalue weighted by atomic mass is 9.96. The second-order valence-electron chi connectivity index (χ2n) is 4.37. The predicted octanol–water partition coefficient (Wildman–Crippen LogP) is -0.175. The summed E-state index contributed by atoms with van der Waals surface area (Å²) in [7, 11) is 1.56. The molecule has 4 N–H and O–H groups in total. The van der Waals surface area contributed by atoms with Gasteiger partial charge in [-0.05, 0) is 12.8 Å². The van der Waals surface area contributed by atoms with Crippen LogP contribution in [0.25, 0.3) is 0 Å². The maximum atomic E-state index is 11.7. The summed E-state index contributed by atoms with van der Waals surface area (Å²) in [6.07, 6.45) is 3.27. The molecule has 7 heteroatoms. The summed E-state index contributed by atoms with van der Waals surface area (Å²) in [5.41, 5.74) is 4.95. The van der Waals surface area contributed by atoms with Gasteiger partial charge in [0.05, 0.1) is 13.2 Å². The zero-order valence-corrected chi connectivity index (χ0v) is 10.6. The standard InChI is InChI=1S/C11H21N3O4/c1-17-6-7-18-8-9(15)13-11(10(12)14-16)4-2-3-5-11/h16H,2-8H2,1H3,(H2,12,14)(H,13,15). The summed E-state index contributed by atoms with van der Waals surface area (Å²) >= 11 is 0. The SMILES string of the molecule is COCCOCC(=O)NC1(C(N)=NO)CCCC1. The Morgan fingerprint density at radius 1 is 1.44 bits per heavy atom. The molecule has 1 rings (SSSR count). The lowest BCUT2D eigenvalue weighted by Crippen LogP contribution is -2.56. The van der Waals surface area contributed by atoms with Crippen molar-refractivity contribution in [3.05, 3.63) is 0 Å². The fraction of sp³-hybridized carbons (Fsp3) is 0.818. The average Bonchev–Trinajstić information content (AvgIpc) is 2.83. The summed E-state index contributed by atoms with van der Waals surface area (Å²) < 4.78 is 9.93. The molecular weight excluding hydrogens is 238 g/mol.